The zero-order valence-corrected chi connectivity index (χ0v) is 20.4. The molecule has 0 aromatic heterocycles. The van der Waals surface area contributed by atoms with Crippen LogP contribution in [-0.2, 0) is 20.9 Å². The Balaban J connectivity index is 2.22. The van der Waals surface area contributed by atoms with Gasteiger partial charge in [0.1, 0.15) is 24.1 Å². The highest BCUT2D eigenvalue weighted by atomic mass is 16.5. The fourth-order valence-electron chi connectivity index (χ4n) is 3.61. The van der Waals surface area contributed by atoms with Crippen molar-refractivity contribution in [1.82, 2.24) is 5.32 Å². The average molecular weight is 483 g/mol. The number of amides is 1. The molecule has 0 bridgehead atoms. The summed E-state index contributed by atoms with van der Waals surface area (Å²) in [5.74, 6) is -2.65. The summed E-state index contributed by atoms with van der Waals surface area (Å²) in [5, 5.41) is 45.9. The molecule has 0 heterocycles. The predicted molar refractivity (Wildman–Crippen MR) is 126 cm³/mol. The number of benzene rings is 1. The van der Waals surface area contributed by atoms with E-state index in [4.69, 9.17) is 9.47 Å². The van der Waals surface area contributed by atoms with Gasteiger partial charge < -0.3 is 40.5 Å². The Labute approximate surface area is 200 Å². The van der Waals surface area contributed by atoms with E-state index in [2.05, 4.69) is 10.6 Å². The molecule has 0 saturated heterocycles. The second kappa shape index (κ2) is 11.9. The Morgan fingerprint density at radius 1 is 1.12 bits per heavy atom. The maximum atomic E-state index is 12.6. The molecule has 6 N–H and O–H groups in total. The van der Waals surface area contributed by atoms with Gasteiger partial charge in [-0.05, 0) is 52.3 Å². The molecule has 1 aliphatic rings. The summed E-state index contributed by atoms with van der Waals surface area (Å²) in [5.41, 5.74) is 0.990. The summed E-state index contributed by atoms with van der Waals surface area (Å²) in [4.78, 5) is 24.1. The fourth-order valence-corrected chi connectivity index (χ4v) is 3.61. The number of carboxylic acids is 1. The summed E-state index contributed by atoms with van der Waals surface area (Å²) < 4.78 is 11.5. The summed E-state index contributed by atoms with van der Waals surface area (Å²) in [6.07, 6.45) is -5.89. The molecule has 10 nitrogen and oxygen atoms in total. The number of aliphatic carboxylic acids is 1. The fraction of sp³-hybridized carbons (Fsp3) is 0.667. The summed E-state index contributed by atoms with van der Waals surface area (Å²) in [6, 6.07) is 5.04. The number of anilines is 1. The average Bonchev–Trinajstić information content (AvgIpc) is 2.72. The number of aliphatic hydroxyl groups is 3. The lowest BCUT2D eigenvalue weighted by Crippen LogP contribution is -2.57. The zero-order valence-electron chi connectivity index (χ0n) is 20.4. The van der Waals surface area contributed by atoms with Crippen LogP contribution in [0.3, 0.4) is 0 Å². The van der Waals surface area contributed by atoms with Crippen LogP contribution >= 0.6 is 0 Å². The monoisotopic (exact) mass is 482 g/mol. The van der Waals surface area contributed by atoms with Crippen molar-refractivity contribution in [2.45, 2.75) is 90.1 Å². The van der Waals surface area contributed by atoms with Crippen LogP contribution in [0.5, 0.6) is 5.75 Å². The normalized spacial score (nSPS) is 25.3. The van der Waals surface area contributed by atoms with Crippen LogP contribution in [0.4, 0.5) is 5.69 Å². The summed E-state index contributed by atoms with van der Waals surface area (Å²) in [7, 11) is 0. The van der Waals surface area contributed by atoms with E-state index in [1.165, 1.54) is 0 Å². The van der Waals surface area contributed by atoms with Gasteiger partial charge in [0.25, 0.3) is 0 Å². The van der Waals surface area contributed by atoms with E-state index in [1.54, 1.807) is 18.2 Å². The third-order valence-corrected chi connectivity index (χ3v) is 5.48. The first-order valence-electron chi connectivity index (χ1n) is 11.5. The molecule has 10 heteroatoms. The molecule has 0 spiro atoms. The number of nitrogens with one attached hydrogen (secondary N) is 2. The number of rotatable bonds is 10. The molecule has 2 rings (SSSR count). The molecule has 0 unspecified atom stereocenters. The number of carbonyl (C=O) groups is 2. The number of carbonyl (C=O) groups excluding carboxylic acids is 1. The van der Waals surface area contributed by atoms with E-state index in [9.17, 15) is 30.0 Å². The van der Waals surface area contributed by atoms with Crippen LogP contribution in [0, 0.1) is 5.92 Å². The first-order chi connectivity index (χ1) is 15.8. The third-order valence-electron chi connectivity index (χ3n) is 5.48. The lowest BCUT2D eigenvalue weighted by Gasteiger charge is -2.38. The zero-order chi connectivity index (χ0) is 25.6. The first kappa shape index (κ1) is 28.0. The van der Waals surface area contributed by atoms with Crippen LogP contribution in [0.2, 0.25) is 0 Å². The van der Waals surface area contributed by atoms with Crippen molar-refractivity contribution in [3.8, 4) is 5.75 Å². The van der Waals surface area contributed by atoms with Crippen molar-refractivity contribution in [3.05, 3.63) is 23.8 Å². The third kappa shape index (κ3) is 8.21. The van der Waals surface area contributed by atoms with Gasteiger partial charge >= 0.3 is 5.97 Å². The minimum Gasteiger partial charge on any atom is -0.485 e. The molecule has 1 aromatic carbocycles. The van der Waals surface area contributed by atoms with Crippen molar-refractivity contribution < 1.29 is 39.5 Å². The minimum atomic E-state index is -1.68. The Hall–Kier alpha value is -2.24. The minimum absolute atomic E-state index is 0.00990. The van der Waals surface area contributed by atoms with Crippen LogP contribution in [0.25, 0.3) is 0 Å². The molecule has 1 saturated carbocycles. The highest BCUT2D eigenvalue weighted by molar-refractivity contribution is 5.92. The van der Waals surface area contributed by atoms with Gasteiger partial charge in [-0.1, -0.05) is 6.07 Å². The number of hydrogen-bond donors (Lipinski definition) is 6. The first-order valence-corrected chi connectivity index (χ1v) is 11.5. The number of hydrogen-bond acceptors (Lipinski definition) is 8. The standard InChI is InChI=1S/C24H38N2O8/c1-13(2)33-12-14-6-7-17(16(10-14)26-19(27)8-9-25-24(3,4)5)34-18-11-15(23(31)32)20(28)22(30)21(18)29/h6-7,10,13,15,18,20-22,25,28-30H,8-9,11-12H2,1-5H3,(H,26,27)(H,31,32)/t15-,18+,20+,21-,22-/m0/s1. The molecule has 0 radical (unpaired) electrons. The Morgan fingerprint density at radius 2 is 1.79 bits per heavy atom. The molecule has 5 atom stereocenters. The molecule has 0 aliphatic heterocycles. The van der Waals surface area contributed by atoms with E-state index in [1.807, 2.05) is 34.6 Å². The molecule has 1 amide bonds. The number of aliphatic hydroxyl groups excluding tert-OH is 3. The van der Waals surface area contributed by atoms with Gasteiger partial charge in [0.2, 0.25) is 5.91 Å². The lowest BCUT2D eigenvalue weighted by atomic mass is 9.80. The molecule has 1 fully saturated rings. The quantitative estimate of drug-likeness (QED) is 0.289. The van der Waals surface area contributed by atoms with Crippen molar-refractivity contribution in [2.24, 2.45) is 5.92 Å². The van der Waals surface area contributed by atoms with Gasteiger partial charge in [0, 0.05) is 24.9 Å². The molecule has 1 aromatic rings. The number of carboxylic acid groups (broad SMARTS) is 1. The highest BCUT2D eigenvalue weighted by Crippen LogP contribution is 2.33. The second-order valence-corrected chi connectivity index (χ2v) is 9.97. The van der Waals surface area contributed by atoms with E-state index in [-0.39, 0.29) is 36.1 Å². The van der Waals surface area contributed by atoms with Crippen molar-refractivity contribution in [3.63, 3.8) is 0 Å². The van der Waals surface area contributed by atoms with Gasteiger partial charge in [0.15, 0.2) is 0 Å². The predicted octanol–water partition coefficient (Wildman–Crippen LogP) is 1.26. The van der Waals surface area contributed by atoms with Gasteiger partial charge in [0.05, 0.1) is 30.4 Å². The highest BCUT2D eigenvalue weighted by Gasteiger charge is 2.47. The van der Waals surface area contributed by atoms with Crippen molar-refractivity contribution in [1.29, 1.82) is 0 Å². The second-order valence-electron chi connectivity index (χ2n) is 9.97. The van der Waals surface area contributed by atoms with Crippen molar-refractivity contribution >= 4 is 17.6 Å². The maximum absolute atomic E-state index is 12.6. The largest absolute Gasteiger partial charge is 0.485 e. The van der Waals surface area contributed by atoms with Crippen molar-refractivity contribution in [2.75, 3.05) is 11.9 Å². The number of ether oxygens (including phenoxy) is 2. The molecule has 192 valence electrons. The van der Waals surface area contributed by atoms with Gasteiger partial charge in [-0.2, -0.15) is 0 Å². The topological polar surface area (TPSA) is 158 Å². The van der Waals surface area contributed by atoms with Crippen LogP contribution < -0.4 is 15.4 Å². The SMILES string of the molecule is CC(C)OCc1ccc(O[C@@H]2C[C@H](C(=O)O)[C@@H](O)[C@H](O)[C@H]2O)c(NC(=O)CCNC(C)(C)C)c1. The Bertz CT molecular complexity index is 839. The molecule has 1 aliphatic carbocycles. The van der Waals surface area contributed by atoms with Crippen LogP contribution in [-0.4, -0.2) is 74.9 Å². The Kier molecular flexibility index (Phi) is 9.84. The lowest BCUT2D eigenvalue weighted by molar-refractivity contribution is -0.174. The van der Waals surface area contributed by atoms with Gasteiger partial charge in [-0.25, -0.2) is 0 Å². The molecular formula is C24H38N2O8. The van der Waals surface area contributed by atoms with E-state index in [0.29, 0.717) is 18.8 Å². The van der Waals surface area contributed by atoms with E-state index >= 15 is 0 Å². The van der Waals surface area contributed by atoms with Crippen LogP contribution in [0.15, 0.2) is 18.2 Å². The van der Waals surface area contributed by atoms with E-state index in [0.717, 1.165) is 5.56 Å². The van der Waals surface area contributed by atoms with Crippen LogP contribution in [0.1, 0.15) is 53.0 Å². The summed E-state index contributed by atoms with van der Waals surface area (Å²) in [6.45, 7) is 10.6. The van der Waals surface area contributed by atoms with Gasteiger partial charge in [-0.3, -0.25) is 9.59 Å². The molecule has 34 heavy (non-hydrogen) atoms. The molecular weight excluding hydrogens is 444 g/mol. The van der Waals surface area contributed by atoms with Gasteiger partial charge in [-0.15, -0.1) is 0 Å². The summed E-state index contributed by atoms with van der Waals surface area (Å²) >= 11 is 0. The smallest absolute Gasteiger partial charge is 0.309 e. The maximum Gasteiger partial charge on any atom is 0.309 e. The van der Waals surface area contributed by atoms with E-state index < -0.39 is 36.3 Å². The Morgan fingerprint density at radius 3 is 2.38 bits per heavy atom.